The maximum absolute atomic E-state index is 13.0. The van der Waals surface area contributed by atoms with Crippen LogP contribution < -0.4 is 0 Å². The molecule has 3 nitrogen and oxygen atoms in total. The van der Waals surface area contributed by atoms with E-state index in [0.717, 1.165) is 23.0 Å². The molecule has 3 rings (SSSR count). The van der Waals surface area contributed by atoms with Crippen LogP contribution in [0.1, 0.15) is 5.56 Å². The van der Waals surface area contributed by atoms with Crippen molar-refractivity contribution in [1.29, 1.82) is 0 Å². The molecule has 0 spiro atoms. The summed E-state index contributed by atoms with van der Waals surface area (Å²) in [6.45, 7) is 1.87. The van der Waals surface area contributed by atoms with E-state index in [1.807, 2.05) is 37.3 Å². The fourth-order valence-electron chi connectivity index (χ4n) is 1.99. The van der Waals surface area contributed by atoms with Crippen LogP contribution in [0.15, 0.2) is 48.7 Å². The Labute approximate surface area is 126 Å². The molecule has 21 heavy (non-hydrogen) atoms. The van der Waals surface area contributed by atoms with E-state index in [1.54, 1.807) is 0 Å². The van der Waals surface area contributed by atoms with E-state index in [1.165, 1.54) is 12.1 Å². The van der Waals surface area contributed by atoms with E-state index in [2.05, 4.69) is 15.0 Å². The molecule has 2 aromatic heterocycles. The highest BCUT2D eigenvalue weighted by Crippen LogP contribution is 2.28. The van der Waals surface area contributed by atoms with Crippen LogP contribution in [-0.2, 0) is 0 Å². The predicted octanol–water partition coefficient (Wildman–Crippen LogP) is 4.31. The van der Waals surface area contributed by atoms with Gasteiger partial charge in [-0.25, -0.2) is 19.3 Å². The van der Waals surface area contributed by atoms with E-state index < -0.39 is 5.82 Å². The first-order chi connectivity index (χ1) is 10.1. The number of benzene rings is 1. The number of halogens is 2. The van der Waals surface area contributed by atoms with Gasteiger partial charge in [-0.3, -0.25) is 0 Å². The van der Waals surface area contributed by atoms with Crippen molar-refractivity contribution in [3.8, 4) is 22.8 Å². The zero-order valence-corrected chi connectivity index (χ0v) is 12.0. The number of pyridine rings is 1. The standard InChI is InChI=1S/C16H11ClFN3/c1-10-14(11-5-3-2-4-6-11)20-16(21-15(10)17)13-8-7-12(18)9-19-13/h2-9H,1H3. The first kappa shape index (κ1) is 13.6. The highest BCUT2D eigenvalue weighted by atomic mass is 35.5. The van der Waals surface area contributed by atoms with Crippen LogP contribution in [0.2, 0.25) is 5.15 Å². The molecule has 0 N–H and O–H groups in total. The van der Waals surface area contributed by atoms with Crippen LogP contribution in [-0.4, -0.2) is 15.0 Å². The van der Waals surface area contributed by atoms with Crippen molar-refractivity contribution in [3.63, 3.8) is 0 Å². The van der Waals surface area contributed by atoms with Crippen LogP contribution >= 0.6 is 11.6 Å². The molecular formula is C16H11ClFN3. The molecule has 0 aliphatic rings. The van der Waals surface area contributed by atoms with Crippen molar-refractivity contribution in [3.05, 3.63) is 65.2 Å². The van der Waals surface area contributed by atoms with Crippen molar-refractivity contribution in [2.75, 3.05) is 0 Å². The van der Waals surface area contributed by atoms with Gasteiger partial charge in [-0.05, 0) is 19.1 Å². The average molecular weight is 300 g/mol. The van der Waals surface area contributed by atoms with Crippen molar-refractivity contribution >= 4 is 11.6 Å². The van der Waals surface area contributed by atoms with E-state index in [-0.39, 0.29) is 0 Å². The summed E-state index contributed by atoms with van der Waals surface area (Å²) >= 11 is 6.20. The summed E-state index contributed by atoms with van der Waals surface area (Å²) in [6.07, 6.45) is 1.13. The van der Waals surface area contributed by atoms with Gasteiger partial charge in [0.05, 0.1) is 11.9 Å². The lowest BCUT2D eigenvalue weighted by atomic mass is 10.1. The zero-order chi connectivity index (χ0) is 14.8. The Balaban J connectivity index is 2.16. The summed E-state index contributed by atoms with van der Waals surface area (Å²) in [7, 11) is 0. The van der Waals surface area contributed by atoms with E-state index >= 15 is 0 Å². The first-order valence-electron chi connectivity index (χ1n) is 6.36. The maximum Gasteiger partial charge on any atom is 0.180 e. The summed E-state index contributed by atoms with van der Waals surface area (Å²) in [5.41, 5.74) is 2.98. The second-order valence-electron chi connectivity index (χ2n) is 4.54. The monoisotopic (exact) mass is 299 g/mol. The minimum atomic E-state index is -0.403. The fourth-order valence-corrected chi connectivity index (χ4v) is 2.16. The number of rotatable bonds is 2. The molecular weight excluding hydrogens is 289 g/mol. The van der Waals surface area contributed by atoms with Crippen LogP contribution in [0, 0.1) is 12.7 Å². The maximum atomic E-state index is 13.0. The topological polar surface area (TPSA) is 38.7 Å². The highest BCUT2D eigenvalue weighted by molar-refractivity contribution is 6.30. The number of aromatic nitrogens is 3. The quantitative estimate of drug-likeness (QED) is 0.662. The SMILES string of the molecule is Cc1c(Cl)nc(-c2ccc(F)cn2)nc1-c1ccccc1. The van der Waals surface area contributed by atoms with Gasteiger partial charge in [0.15, 0.2) is 5.82 Å². The second kappa shape index (κ2) is 5.58. The smallest absolute Gasteiger partial charge is 0.180 e. The molecule has 0 atom stereocenters. The number of hydrogen-bond donors (Lipinski definition) is 0. The molecule has 0 fully saturated rings. The Morgan fingerprint density at radius 3 is 2.43 bits per heavy atom. The zero-order valence-electron chi connectivity index (χ0n) is 11.2. The third-order valence-corrected chi connectivity index (χ3v) is 3.46. The van der Waals surface area contributed by atoms with Crippen LogP contribution in [0.3, 0.4) is 0 Å². The Hall–Kier alpha value is -2.33. The summed E-state index contributed by atoms with van der Waals surface area (Å²) in [5.74, 6) is -0.0234. The lowest BCUT2D eigenvalue weighted by molar-refractivity contribution is 0.621. The second-order valence-corrected chi connectivity index (χ2v) is 4.90. The van der Waals surface area contributed by atoms with Gasteiger partial charge in [-0.1, -0.05) is 41.9 Å². The Morgan fingerprint density at radius 2 is 1.76 bits per heavy atom. The van der Waals surface area contributed by atoms with Crippen molar-refractivity contribution < 1.29 is 4.39 Å². The first-order valence-corrected chi connectivity index (χ1v) is 6.74. The van der Waals surface area contributed by atoms with E-state index in [0.29, 0.717) is 16.7 Å². The molecule has 0 saturated heterocycles. The van der Waals surface area contributed by atoms with Gasteiger partial charge in [-0.2, -0.15) is 0 Å². The molecule has 0 aliphatic heterocycles. The van der Waals surface area contributed by atoms with Gasteiger partial charge in [0, 0.05) is 11.1 Å². The molecule has 0 radical (unpaired) electrons. The summed E-state index contributed by atoms with van der Waals surface area (Å²) < 4.78 is 13.0. The highest BCUT2D eigenvalue weighted by Gasteiger charge is 2.13. The van der Waals surface area contributed by atoms with Gasteiger partial charge in [0.25, 0.3) is 0 Å². The molecule has 0 amide bonds. The van der Waals surface area contributed by atoms with Crippen molar-refractivity contribution in [1.82, 2.24) is 15.0 Å². The Bertz CT molecular complexity index is 774. The van der Waals surface area contributed by atoms with Crippen LogP contribution in [0.25, 0.3) is 22.8 Å². The number of nitrogens with zero attached hydrogens (tertiary/aromatic N) is 3. The van der Waals surface area contributed by atoms with Gasteiger partial charge in [0.1, 0.15) is 16.7 Å². The molecule has 104 valence electrons. The Kier molecular flexibility index (Phi) is 3.62. The van der Waals surface area contributed by atoms with Gasteiger partial charge < -0.3 is 0 Å². The minimum absolute atomic E-state index is 0.366. The third kappa shape index (κ3) is 2.76. The van der Waals surface area contributed by atoms with Crippen LogP contribution in [0.4, 0.5) is 4.39 Å². The molecule has 1 aromatic carbocycles. The Morgan fingerprint density at radius 1 is 1.00 bits per heavy atom. The molecule has 0 aliphatic carbocycles. The van der Waals surface area contributed by atoms with Gasteiger partial charge in [-0.15, -0.1) is 0 Å². The van der Waals surface area contributed by atoms with Gasteiger partial charge in [0.2, 0.25) is 0 Å². The molecule has 5 heteroatoms. The molecule has 3 aromatic rings. The molecule has 0 unspecified atom stereocenters. The normalized spacial score (nSPS) is 10.6. The van der Waals surface area contributed by atoms with E-state index in [9.17, 15) is 4.39 Å². The molecule has 0 saturated carbocycles. The van der Waals surface area contributed by atoms with Crippen molar-refractivity contribution in [2.45, 2.75) is 6.92 Å². The van der Waals surface area contributed by atoms with Crippen LogP contribution in [0.5, 0.6) is 0 Å². The summed E-state index contributed by atoms with van der Waals surface area (Å²) in [6, 6.07) is 12.6. The predicted molar refractivity (Wildman–Crippen MR) is 80.4 cm³/mol. The summed E-state index contributed by atoms with van der Waals surface area (Å²) in [5, 5.41) is 0.366. The summed E-state index contributed by atoms with van der Waals surface area (Å²) in [4.78, 5) is 12.7. The molecule has 2 heterocycles. The third-order valence-electron chi connectivity index (χ3n) is 3.09. The fraction of sp³-hybridized carbons (Fsp3) is 0.0625. The van der Waals surface area contributed by atoms with E-state index in [4.69, 9.17) is 11.6 Å². The largest absolute Gasteiger partial charge is 0.250 e. The lowest BCUT2D eigenvalue weighted by Crippen LogP contribution is -1.98. The molecule has 0 bridgehead atoms. The van der Waals surface area contributed by atoms with Crippen molar-refractivity contribution in [2.24, 2.45) is 0 Å². The lowest BCUT2D eigenvalue weighted by Gasteiger charge is -2.09. The number of hydrogen-bond acceptors (Lipinski definition) is 3. The average Bonchev–Trinajstić information content (AvgIpc) is 2.51. The van der Waals surface area contributed by atoms with Gasteiger partial charge >= 0.3 is 0 Å². The minimum Gasteiger partial charge on any atom is -0.250 e.